The van der Waals surface area contributed by atoms with Gasteiger partial charge in [-0.2, -0.15) is 0 Å². The topological polar surface area (TPSA) is 106 Å². The summed E-state index contributed by atoms with van der Waals surface area (Å²) in [7, 11) is -4.03. The quantitative estimate of drug-likeness (QED) is 0.702. The van der Waals surface area contributed by atoms with E-state index in [9.17, 15) is 18.3 Å². The van der Waals surface area contributed by atoms with Crippen LogP contribution >= 0.6 is 0 Å². The van der Waals surface area contributed by atoms with Crippen molar-refractivity contribution in [1.29, 1.82) is 0 Å². The molecule has 7 nitrogen and oxygen atoms in total. The zero-order chi connectivity index (χ0) is 19.9. The number of aromatic nitrogens is 1. The molecule has 2 aromatic carbocycles. The SMILES string of the molecule is CC1(c2ccc3ccccc3n2)OC(NS(=O)(=O)c2ccccc2)=C(O)C1=O. The van der Waals surface area contributed by atoms with E-state index in [0.717, 1.165) is 5.39 Å². The van der Waals surface area contributed by atoms with Crippen molar-refractivity contribution in [2.45, 2.75) is 17.4 Å². The van der Waals surface area contributed by atoms with Gasteiger partial charge in [-0.25, -0.2) is 18.1 Å². The number of benzene rings is 2. The number of ketones is 1. The van der Waals surface area contributed by atoms with Crippen molar-refractivity contribution >= 4 is 26.7 Å². The molecule has 4 rings (SSSR count). The second-order valence-electron chi connectivity index (χ2n) is 6.45. The van der Waals surface area contributed by atoms with Gasteiger partial charge >= 0.3 is 0 Å². The number of carbonyl (C=O) groups excluding carboxylic acids is 1. The minimum absolute atomic E-state index is 0.0243. The third kappa shape index (κ3) is 2.87. The first-order valence-electron chi connectivity index (χ1n) is 8.42. The van der Waals surface area contributed by atoms with Crippen LogP contribution in [0.1, 0.15) is 12.6 Å². The zero-order valence-electron chi connectivity index (χ0n) is 14.8. The van der Waals surface area contributed by atoms with E-state index in [1.165, 1.54) is 19.1 Å². The number of nitrogens with one attached hydrogen (secondary N) is 1. The maximum absolute atomic E-state index is 12.7. The van der Waals surface area contributed by atoms with E-state index >= 15 is 0 Å². The van der Waals surface area contributed by atoms with Gasteiger partial charge in [0, 0.05) is 5.39 Å². The molecule has 1 aromatic heterocycles. The highest BCUT2D eigenvalue weighted by atomic mass is 32.2. The van der Waals surface area contributed by atoms with Crippen molar-refractivity contribution < 1.29 is 23.1 Å². The molecule has 0 saturated heterocycles. The highest BCUT2D eigenvalue weighted by Gasteiger charge is 2.50. The van der Waals surface area contributed by atoms with Crippen LogP contribution in [0.4, 0.5) is 0 Å². The molecule has 0 aliphatic carbocycles. The number of hydrogen-bond acceptors (Lipinski definition) is 6. The lowest BCUT2D eigenvalue weighted by atomic mass is 9.95. The Morgan fingerprint density at radius 3 is 2.43 bits per heavy atom. The normalized spacial score (nSPS) is 19.7. The van der Waals surface area contributed by atoms with Gasteiger partial charge in [0.1, 0.15) is 0 Å². The second kappa shape index (κ2) is 6.35. The molecule has 1 atom stereocenters. The Balaban J connectivity index is 1.68. The van der Waals surface area contributed by atoms with Crippen LogP contribution in [0.25, 0.3) is 10.9 Å². The van der Waals surface area contributed by atoms with Gasteiger partial charge in [-0.3, -0.25) is 4.79 Å². The molecule has 1 aliphatic heterocycles. The van der Waals surface area contributed by atoms with Crippen molar-refractivity contribution in [2.75, 3.05) is 0 Å². The summed E-state index contributed by atoms with van der Waals surface area (Å²) in [5.74, 6) is -2.09. The van der Waals surface area contributed by atoms with Crippen molar-refractivity contribution in [3.05, 3.63) is 84.1 Å². The largest absolute Gasteiger partial charge is 0.501 e. The fraction of sp³-hybridized carbons (Fsp3) is 0.100. The van der Waals surface area contributed by atoms with Crippen molar-refractivity contribution in [3.63, 3.8) is 0 Å². The number of sulfonamides is 1. The number of aliphatic hydroxyl groups is 1. The molecule has 0 saturated carbocycles. The van der Waals surface area contributed by atoms with E-state index in [4.69, 9.17) is 4.74 Å². The number of rotatable bonds is 4. The summed E-state index contributed by atoms with van der Waals surface area (Å²) in [6.45, 7) is 1.44. The van der Waals surface area contributed by atoms with Crippen LogP contribution in [0, 0.1) is 0 Å². The fourth-order valence-corrected chi connectivity index (χ4v) is 3.99. The molecular formula is C20H16N2O5S. The molecule has 1 aliphatic rings. The number of nitrogens with zero attached hydrogens (tertiary/aromatic N) is 1. The molecule has 28 heavy (non-hydrogen) atoms. The Kier molecular flexibility index (Phi) is 4.08. The summed E-state index contributed by atoms with van der Waals surface area (Å²) >= 11 is 0. The molecule has 1 unspecified atom stereocenters. The predicted molar refractivity (Wildman–Crippen MR) is 102 cm³/mol. The standard InChI is InChI=1S/C20H16N2O5S/c1-20(16-12-11-13-7-5-6-10-15(13)21-16)18(24)17(23)19(27-20)22-28(25,26)14-8-3-2-4-9-14/h2-12,22-23H,1H3. The zero-order valence-corrected chi connectivity index (χ0v) is 15.6. The lowest BCUT2D eigenvalue weighted by Crippen LogP contribution is -2.33. The van der Waals surface area contributed by atoms with Crippen LogP contribution in [0.2, 0.25) is 0 Å². The van der Waals surface area contributed by atoms with Crippen LogP contribution < -0.4 is 4.72 Å². The lowest BCUT2D eigenvalue weighted by molar-refractivity contribution is -0.132. The van der Waals surface area contributed by atoms with Gasteiger partial charge in [-0.15, -0.1) is 0 Å². The van der Waals surface area contributed by atoms with E-state index < -0.39 is 33.0 Å². The fourth-order valence-electron chi connectivity index (χ4n) is 2.98. The molecule has 0 radical (unpaired) electrons. The van der Waals surface area contributed by atoms with E-state index in [-0.39, 0.29) is 10.6 Å². The Hall–Kier alpha value is -3.39. The van der Waals surface area contributed by atoms with Crippen LogP contribution in [0.15, 0.2) is 83.3 Å². The molecule has 0 fully saturated rings. The number of ether oxygens (including phenoxy) is 1. The number of para-hydroxylation sites is 1. The number of aliphatic hydroxyl groups excluding tert-OH is 1. The third-order valence-corrected chi connectivity index (χ3v) is 5.88. The van der Waals surface area contributed by atoms with Gasteiger partial charge in [0.05, 0.1) is 16.1 Å². The van der Waals surface area contributed by atoms with Crippen molar-refractivity contribution in [3.8, 4) is 0 Å². The summed E-state index contributed by atoms with van der Waals surface area (Å²) in [5.41, 5.74) is -0.741. The van der Waals surface area contributed by atoms with Crippen molar-refractivity contribution in [2.24, 2.45) is 0 Å². The average molecular weight is 396 g/mol. The summed E-state index contributed by atoms with van der Waals surface area (Å²) < 4.78 is 32.7. The highest BCUT2D eigenvalue weighted by Crippen LogP contribution is 2.37. The Morgan fingerprint density at radius 1 is 1.00 bits per heavy atom. The Bertz CT molecular complexity index is 1220. The number of hydrogen-bond donors (Lipinski definition) is 2. The van der Waals surface area contributed by atoms with Crippen LogP contribution in [-0.4, -0.2) is 24.3 Å². The van der Waals surface area contributed by atoms with E-state index in [2.05, 4.69) is 9.71 Å². The van der Waals surface area contributed by atoms with E-state index in [0.29, 0.717) is 5.52 Å². The maximum atomic E-state index is 12.7. The molecule has 2 heterocycles. The van der Waals surface area contributed by atoms with Gasteiger partial charge in [-0.05, 0) is 31.2 Å². The summed E-state index contributed by atoms with van der Waals surface area (Å²) in [6.07, 6.45) is 0. The summed E-state index contributed by atoms with van der Waals surface area (Å²) in [4.78, 5) is 17.1. The summed E-state index contributed by atoms with van der Waals surface area (Å²) in [6, 6.07) is 18.3. The van der Waals surface area contributed by atoms with Gasteiger partial charge < -0.3 is 9.84 Å². The monoisotopic (exact) mass is 396 g/mol. The number of Topliss-reactive ketones (excluding diaryl/α,β-unsaturated/α-hetero) is 1. The van der Waals surface area contributed by atoms with Gasteiger partial charge in [0.25, 0.3) is 15.8 Å². The molecule has 142 valence electrons. The number of fused-ring (bicyclic) bond motifs is 1. The second-order valence-corrected chi connectivity index (χ2v) is 8.13. The number of carbonyl (C=O) groups is 1. The van der Waals surface area contributed by atoms with Crippen molar-refractivity contribution in [1.82, 2.24) is 9.71 Å². The predicted octanol–water partition coefficient (Wildman–Crippen LogP) is 2.75. The van der Waals surface area contributed by atoms with Crippen LogP contribution in [0.3, 0.4) is 0 Å². The lowest BCUT2D eigenvalue weighted by Gasteiger charge is -2.23. The first kappa shape index (κ1) is 18.0. The van der Waals surface area contributed by atoms with E-state index in [1.54, 1.807) is 36.4 Å². The first-order chi connectivity index (χ1) is 13.3. The molecule has 0 amide bonds. The van der Waals surface area contributed by atoms with Crippen LogP contribution in [-0.2, 0) is 25.2 Å². The molecule has 8 heteroatoms. The first-order valence-corrected chi connectivity index (χ1v) is 9.91. The molecule has 0 bridgehead atoms. The Labute approximate surface area is 161 Å². The third-order valence-electron chi connectivity index (χ3n) is 4.54. The minimum atomic E-state index is -4.03. The molecule has 3 aromatic rings. The molecule has 0 spiro atoms. The molecular weight excluding hydrogens is 380 g/mol. The average Bonchev–Trinajstić information content (AvgIpc) is 2.92. The smallest absolute Gasteiger partial charge is 0.264 e. The van der Waals surface area contributed by atoms with Gasteiger partial charge in [-0.1, -0.05) is 42.5 Å². The van der Waals surface area contributed by atoms with E-state index in [1.807, 2.05) is 18.2 Å². The highest BCUT2D eigenvalue weighted by molar-refractivity contribution is 7.89. The summed E-state index contributed by atoms with van der Waals surface area (Å²) in [5, 5.41) is 11.1. The van der Waals surface area contributed by atoms with Crippen LogP contribution in [0.5, 0.6) is 0 Å². The number of pyridine rings is 1. The van der Waals surface area contributed by atoms with Gasteiger partial charge in [0.2, 0.25) is 17.2 Å². The minimum Gasteiger partial charge on any atom is -0.501 e. The Morgan fingerprint density at radius 2 is 1.68 bits per heavy atom. The van der Waals surface area contributed by atoms with Gasteiger partial charge in [0.15, 0.2) is 0 Å². The molecule has 2 N–H and O–H groups in total. The maximum Gasteiger partial charge on any atom is 0.264 e.